The molecule has 1 heterocycles. The lowest BCUT2D eigenvalue weighted by molar-refractivity contribution is 0.272. The van der Waals surface area contributed by atoms with Crippen LogP contribution in [0.15, 0.2) is 42.5 Å². The molecule has 0 amide bonds. The van der Waals surface area contributed by atoms with Crippen LogP contribution < -0.4 is 5.32 Å². The summed E-state index contributed by atoms with van der Waals surface area (Å²) >= 11 is 12.1. The fourth-order valence-electron chi connectivity index (χ4n) is 2.76. The van der Waals surface area contributed by atoms with Gasteiger partial charge in [-0.15, -0.1) is 0 Å². The molecule has 0 aromatic heterocycles. The highest BCUT2D eigenvalue weighted by atomic mass is 35.5. The van der Waals surface area contributed by atoms with E-state index in [-0.39, 0.29) is 11.2 Å². The van der Waals surface area contributed by atoms with Crippen molar-refractivity contribution in [3.63, 3.8) is 0 Å². The highest BCUT2D eigenvalue weighted by Gasteiger charge is 2.40. The summed E-state index contributed by atoms with van der Waals surface area (Å²) in [4.78, 5) is 0. The van der Waals surface area contributed by atoms with Crippen molar-refractivity contribution in [2.75, 3.05) is 13.1 Å². The van der Waals surface area contributed by atoms with Crippen LogP contribution in [0, 0.1) is 5.82 Å². The Morgan fingerprint density at radius 3 is 2.45 bits per heavy atom. The van der Waals surface area contributed by atoms with E-state index in [1.165, 1.54) is 6.07 Å². The summed E-state index contributed by atoms with van der Waals surface area (Å²) in [5, 5.41) is 4.43. The molecule has 1 nitrogen and oxygen atoms in total. The van der Waals surface area contributed by atoms with Crippen LogP contribution in [0.1, 0.15) is 11.1 Å². The summed E-state index contributed by atoms with van der Waals surface area (Å²) < 4.78 is 14.0. The van der Waals surface area contributed by atoms with Crippen molar-refractivity contribution in [3.8, 4) is 0 Å². The third-order valence-electron chi connectivity index (χ3n) is 3.92. The predicted molar refractivity (Wildman–Crippen MR) is 81.1 cm³/mol. The molecular weight excluding hydrogens is 296 g/mol. The first-order chi connectivity index (χ1) is 9.61. The molecule has 1 fully saturated rings. The summed E-state index contributed by atoms with van der Waals surface area (Å²) in [6, 6.07) is 12.6. The van der Waals surface area contributed by atoms with Gasteiger partial charge in [0.1, 0.15) is 5.82 Å². The van der Waals surface area contributed by atoms with E-state index in [2.05, 4.69) is 5.32 Å². The first-order valence-electron chi connectivity index (χ1n) is 6.50. The molecule has 1 N–H and O–H groups in total. The van der Waals surface area contributed by atoms with Gasteiger partial charge in [0.25, 0.3) is 0 Å². The van der Waals surface area contributed by atoms with Gasteiger partial charge in [-0.3, -0.25) is 0 Å². The minimum atomic E-state index is -0.254. The van der Waals surface area contributed by atoms with Crippen LogP contribution in [0.5, 0.6) is 0 Å². The van der Waals surface area contributed by atoms with Crippen LogP contribution in [0.2, 0.25) is 10.0 Å². The van der Waals surface area contributed by atoms with Gasteiger partial charge in [0.2, 0.25) is 0 Å². The molecule has 1 aliphatic heterocycles. The molecule has 0 bridgehead atoms. The number of hydrogen-bond acceptors (Lipinski definition) is 1. The van der Waals surface area contributed by atoms with Gasteiger partial charge in [-0.05, 0) is 35.7 Å². The van der Waals surface area contributed by atoms with Gasteiger partial charge in [0, 0.05) is 28.5 Å². The van der Waals surface area contributed by atoms with Crippen LogP contribution >= 0.6 is 23.2 Å². The Labute approximate surface area is 127 Å². The lowest BCUT2D eigenvalue weighted by Gasteiger charge is -2.44. The van der Waals surface area contributed by atoms with Crippen molar-refractivity contribution >= 4 is 23.2 Å². The fraction of sp³-hybridized carbons (Fsp3) is 0.250. The molecule has 0 atom stereocenters. The van der Waals surface area contributed by atoms with Crippen molar-refractivity contribution in [2.45, 2.75) is 11.8 Å². The van der Waals surface area contributed by atoms with Gasteiger partial charge in [-0.2, -0.15) is 0 Å². The number of rotatable bonds is 3. The van der Waals surface area contributed by atoms with E-state index in [4.69, 9.17) is 23.2 Å². The third-order valence-corrected chi connectivity index (χ3v) is 4.48. The summed E-state index contributed by atoms with van der Waals surface area (Å²) in [6.07, 6.45) is 0.618. The van der Waals surface area contributed by atoms with E-state index in [1.54, 1.807) is 12.1 Å². The van der Waals surface area contributed by atoms with Gasteiger partial charge in [-0.1, -0.05) is 47.5 Å². The van der Waals surface area contributed by atoms with Crippen LogP contribution in [0.25, 0.3) is 0 Å². The summed E-state index contributed by atoms with van der Waals surface area (Å²) in [5.74, 6) is -0.254. The van der Waals surface area contributed by atoms with Gasteiger partial charge >= 0.3 is 0 Å². The zero-order chi connectivity index (χ0) is 14.2. The zero-order valence-corrected chi connectivity index (χ0v) is 12.3. The molecule has 1 aliphatic rings. The maximum Gasteiger partial charge on any atom is 0.127 e. The largest absolute Gasteiger partial charge is 0.315 e. The Kier molecular flexibility index (Phi) is 3.72. The van der Waals surface area contributed by atoms with Gasteiger partial charge in [0.15, 0.2) is 0 Å². The van der Waals surface area contributed by atoms with Crippen LogP contribution in [-0.4, -0.2) is 13.1 Å². The van der Waals surface area contributed by atoms with Crippen molar-refractivity contribution in [1.29, 1.82) is 0 Å². The van der Waals surface area contributed by atoms with E-state index < -0.39 is 0 Å². The summed E-state index contributed by atoms with van der Waals surface area (Å²) in [6.45, 7) is 1.61. The minimum Gasteiger partial charge on any atom is -0.315 e. The van der Waals surface area contributed by atoms with E-state index in [9.17, 15) is 4.39 Å². The molecule has 2 aromatic rings. The smallest absolute Gasteiger partial charge is 0.127 e. The lowest BCUT2D eigenvalue weighted by Crippen LogP contribution is -2.58. The molecule has 1 saturated heterocycles. The van der Waals surface area contributed by atoms with Gasteiger partial charge in [-0.25, -0.2) is 4.39 Å². The molecular formula is C16H14Cl2FN. The summed E-state index contributed by atoms with van der Waals surface area (Å²) in [7, 11) is 0. The average molecular weight is 310 g/mol. The zero-order valence-electron chi connectivity index (χ0n) is 10.8. The Morgan fingerprint density at radius 1 is 1.10 bits per heavy atom. The predicted octanol–water partition coefficient (Wildman–Crippen LogP) is 4.22. The Bertz CT molecular complexity index is 638. The second kappa shape index (κ2) is 5.36. The number of benzene rings is 2. The monoisotopic (exact) mass is 309 g/mol. The number of hydrogen-bond donors (Lipinski definition) is 1. The van der Waals surface area contributed by atoms with Crippen molar-refractivity contribution < 1.29 is 4.39 Å². The third kappa shape index (κ3) is 2.44. The fourth-order valence-corrected chi connectivity index (χ4v) is 3.25. The molecule has 104 valence electrons. The molecule has 20 heavy (non-hydrogen) atoms. The maximum atomic E-state index is 14.0. The second-order valence-electron chi connectivity index (χ2n) is 5.28. The van der Waals surface area contributed by atoms with Crippen LogP contribution in [-0.2, 0) is 11.8 Å². The quantitative estimate of drug-likeness (QED) is 0.895. The van der Waals surface area contributed by atoms with Gasteiger partial charge in [0.05, 0.1) is 0 Å². The first-order valence-corrected chi connectivity index (χ1v) is 7.26. The van der Waals surface area contributed by atoms with Crippen molar-refractivity contribution in [1.82, 2.24) is 5.32 Å². The average Bonchev–Trinajstić information content (AvgIpc) is 2.37. The second-order valence-corrected chi connectivity index (χ2v) is 6.12. The molecule has 0 unspecified atom stereocenters. The molecule has 0 radical (unpaired) electrons. The highest BCUT2D eigenvalue weighted by molar-refractivity contribution is 6.31. The number of nitrogens with one attached hydrogen (secondary N) is 1. The Morgan fingerprint density at radius 2 is 1.85 bits per heavy atom. The van der Waals surface area contributed by atoms with E-state index in [1.807, 2.05) is 24.3 Å². The van der Waals surface area contributed by atoms with E-state index >= 15 is 0 Å². The molecule has 0 aliphatic carbocycles. The van der Waals surface area contributed by atoms with E-state index in [0.717, 1.165) is 23.7 Å². The normalized spacial score (nSPS) is 16.8. The molecule has 0 spiro atoms. The minimum absolute atomic E-state index is 0.132. The SMILES string of the molecule is Fc1cc(Cl)ccc1CC1(c2ccccc2Cl)CNC1. The lowest BCUT2D eigenvalue weighted by atomic mass is 9.71. The van der Waals surface area contributed by atoms with E-state index in [0.29, 0.717) is 17.0 Å². The first kappa shape index (κ1) is 13.9. The summed E-state index contributed by atoms with van der Waals surface area (Å²) in [5.41, 5.74) is 1.62. The number of halogens is 3. The Balaban J connectivity index is 1.96. The topological polar surface area (TPSA) is 12.0 Å². The molecule has 3 rings (SSSR count). The maximum absolute atomic E-state index is 14.0. The molecule has 2 aromatic carbocycles. The standard InChI is InChI=1S/C16H14Cl2FN/c17-12-6-5-11(15(19)7-12)8-16(9-20-10-16)13-3-1-2-4-14(13)18/h1-7,20H,8-10H2. The highest BCUT2D eigenvalue weighted by Crippen LogP contribution is 2.37. The van der Waals surface area contributed by atoms with Crippen molar-refractivity contribution in [2.24, 2.45) is 0 Å². The van der Waals surface area contributed by atoms with Crippen molar-refractivity contribution in [3.05, 3.63) is 69.5 Å². The van der Waals surface area contributed by atoms with Crippen LogP contribution in [0.3, 0.4) is 0 Å². The molecule has 0 saturated carbocycles. The van der Waals surface area contributed by atoms with Crippen LogP contribution in [0.4, 0.5) is 4.39 Å². The van der Waals surface area contributed by atoms with Gasteiger partial charge < -0.3 is 5.32 Å². The Hall–Kier alpha value is -1.09. The molecule has 4 heteroatoms.